The minimum atomic E-state index is -0.607. The predicted molar refractivity (Wildman–Crippen MR) is 73.2 cm³/mol. The summed E-state index contributed by atoms with van der Waals surface area (Å²) in [5.41, 5.74) is 1.22. The molecule has 1 aliphatic heterocycles. The van der Waals surface area contributed by atoms with Crippen molar-refractivity contribution in [2.24, 2.45) is 0 Å². The number of piperidine rings is 1. The van der Waals surface area contributed by atoms with Crippen LogP contribution in [0.15, 0.2) is 18.3 Å². The molecule has 3 rings (SSSR count). The van der Waals surface area contributed by atoms with Gasteiger partial charge >= 0.3 is 0 Å². The minimum Gasteiger partial charge on any atom is -0.347 e. The fourth-order valence-electron chi connectivity index (χ4n) is 2.50. The maximum atomic E-state index is 14.2. The van der Waals surface area contributed by atoms with E-state index in [-0.39, 0.29) is 11.7 Å². The van der Waals surface area contributed by atoms with Crippen LogP contribution in [-0.4, -0.2) is 34.4 Å². The first-order valence-electron chi connectivity index (χ1n) is 6.81. The Morgan fingerprint density at radius 3 is 3.15 bits per heavy atom. The summed E-state index contributed by atoms with van der Waals surface area (Å²) in [5.74, 6) is -1.05. The van der Waals surface area contributed by atoms with Gasteiger partial charge in [0.15, 0.2) is 5.69 Å². The number of aromatic nitrogens is 2. The molecule has 0 unspecified atom stereocenters. The number of halogens is 1. The van der Waals surface area contributed by atoms with Crippen molar-refractivity contribution >= 4 is 11.6 Å². The third kappa shape index (κ3) is 2.38. The second kappa shape index (κ2) is 5.20. The maximum Gasteiger partial charge on any atom is 0.274 e. The van der Waals surface area contributed by atoms with Crippen LogP contribution in [0.3, 0.4) is 0 Å². The van der Waals surface area contributed by atoms with Gasteiger partial charge in [0.05, 0.1) is 0 Å². The zero-order valence-corrected chi connectivity index (χ0v) is 11.3. The summed E-state index contributed by atoms with van der Waals surface area (Å²) in [6.45, 7) is 3.56. The molecule has 0 aliphatic carbocycles. The molecule has 0 bridgehead atoms. The van der Waals surface area contributed by atoms with Crippen molar-refractivity contribution in [1.82, 2.24) is 20.0 Å². The summed E-state index contributed by atoms with van der Waals surface area (Å²) in [5, 5.41) is 6.04. The molecule has 1 aliphatic rings. The number of amides is 1. The normalized spacial score (nSPS) is 19.2. The molecule has 0 aromatic carbocycles. The molecule has 0 saturated carbocycles. The van der Waals surface area contributed by atoms with Gasteiger partial charge in [-0.05, 0) is 37.9 Å². The molecule has 0 radical (unpaired) electrons. The third-order valence-electron chi connectivity index (χ3n) is 3.56. The molecule has 6 heteroatoms. The lowest BCUT2D eigenvalue weighted by Gasteiger charge is -2.23. The second-order valence-corrected chi connectivity index (χ2v) is 5.20. The Morgan fingerprint density at radius 1 is 1.55 bits per heavy atom. The van der Waals surface area contributed by atoms with E-state index < -0.39 is 11.9 Å². The van der Waals surface area contributed by atoms with Crippen LogP contribution in [0.25, 0.3) is 5.65 Å². The molecule has 2 aromatic rings. The number of nitrogens with one attached hydrogen (secondary N) is 2. The minimum absolute atomic E-state index is 0.0437. The number of carbonyl (C=O) groups is 1. The first-order valence-corrected chi connectivity index (χ1v) is 6.81. The standard InChI is InChI=1S/C14H17FN4O/c1-9-4-5-11-18-12(13(15)19(11)8-9)14(20)17-10-3-2-6-16-7-10/h4-5,8,10,16H,2-3,6-7H2,1H3,(H,17,20)/t10-/m1/s1. The Kier molecular flexibility index (Phi) is 3.40. The molecule has 0 spiro atoms. The van der Waals surface area contributed by atoms with Crippen molar-refractivity contribution in [2.45, 2.75) is 25.8 Å². The van der Waals surface area contributed by atoms with E-state index in [1.165, 1.54) is 4.40 Å². The van der Waals surface area contributed by atoms with Crippen molar-refractivity contribution < 1.29 is 9.18 Å². The monoisotopic (exact) mass is 276 g/mol. The van der Waals surface area contributed by atoms with Gasteiger partial charge in [0.25, 0.3) is 5.91 Å². The van der Waals surface area contributed by atoms with Crippen LogP contribution in [0.2, 0.25) is 0 Å². The van der Waals surface area contributed by atoms with Crippen LogP contribution in [0.5, 0.6) is 0 Å². The fourth-order valence-corrected chi connectivity index (χ4v) is 2.50. The van der Waals surface area contributed by atoms with Crippen LogP contribution < -0.4 is 10.6 Å². The summed E-state index contributed by atoms with van der Waals surface area (Å²) in [4.78, 5) is 16.2. The number of carbonyl (C=O) groups excluding carboxylic acids is 1. The lowest BCUT2D eigenvalue weighted by Crippen LogP contribution is -2.45. The van der Waals surface area contributed by atoms with Gasteiger partial charge in [-0.3, -0.25) is 9.20 Å². The summed E-state index contributed by atoms with van der Waals surface area (Å²) >= 11 is 0. The Bertz CT molecular complexity index is 646. The topological polar surface area (TPSA) is 58.4 Å². The summed E-state index contributed by atoms with van der Waals surface area (Å²) in [6, 6.07) is 3.59. The van der Waals surface area contributed by atoms with Crippen LogP contribution in [0.1, 0.15) is 28.9 Å². The molecule has 2 N–H and O–H groups in total. The number of aryl methyl sites for hydroxylation is 1. The fraction of sp³-hybridized carbons (Fsp3) is 0.429. The Balaban J connectivity index is 1.85. The molecular formula is C14H17FN4O. The first-order chi connectivity index (χ1) is 9.65. The van der Waals surface area contributed by atoms with Crippen LogP contribution in [-0.2, 0) is 0 Å². The molecule has 1 atom stereocenters. The molecule has 2 aromatic heterocycles. The van der Waals surface area contributed by atoms with Gasteiger partial charge in [0.1, 0.15) is 5.65 Å². The van der Waals surface area contributed by atoms with E-state index in [9.17, 15) is 9.18 Å². The largest absolute Gasteiger partial charge is 0.347 e. The maximum absolute atomic E-state index is 14.2. The zero-order valence-electron chi connectivity index (χ0n) is 11.3. The number of pyridine rings is 1. The zero-order chi connectivity index (χ0) is 14.1. The SMILES string of the molecule is Cc1ccc2nc(C(=O)N[C@@H]3CCCNC3)c(F)n2c1. The Hall–Kier alpha value is -1.95. The van der Waals surface area contributed by atoms with Crippen molar-refractivity contribution in [3.63, 3.8) is 0 Å². The second-order valence-electron chi connectivity index (χ2n) is 5.20. The van der Waals surface area contributed by atoms with Gasteiger partial charge in [-0.2, -0.15) is 4.39 Å². The van der Waals surface area contributed by atoms with Gasteiger partial charge in [-0.1, -0.05) is 6.07 Å². The van der Waals surface area contributed by atoms with E-state index in [1.807, 2.05) is 13.0 Å². The van der Waals surface area contributed by atoms with Crippen molar-refractivity contribution in [3.8, 4) is 0 Å². The molecular weight excluding hydrogens is 259 g/mol. The van der Waals surface area contributed by atoms with Crippen LogP contribution >= 0.6 is 0 Å². The van der Waals surface area contributed by atoms with E-state index in [4.69, 9.17) is 0 Å². The van der Waals surface area contributed by atoms with Crippen molar-refractivity contribution in [1.29, 1.82) is 0 Å². The van der Waals surface area contributed by atoms with Gasteiger partial charge in [0.2, 0.25) is 5.95 Å². The van der Waals surface area contributed by atoms with Crippen molar-refractivity contribution in [3.05, 3.63) is 35.5 Å². The molecule has 5 nitrogen and oxygen atoms in total. The number of rotatable bonds is 2. The summed E-state index contributed by atoms with van der Waals surface area (Å²) in [6.07, 6.45) is 3.56. The Morgan fingerprint density at radius 2 is 2.40 bits per heavy atom. The summed E-state index contributed by atoms with van der Waals surface area (Å²) in [7, 11) is 0. The average Bonchev–Trinajstić information content (AvgIpc) is 2.77. The van der Waals surface area contributed by atoms with Crippen molar-refractivity contribution in [2.75, 3.05) is 13.1 Å². The lowest BCUT2D eigenvalue weighted by molar-refractivity contribution is 0.0921. The number of hydrogen-bond donors (Lipinski definition) is 2. The third-order valence-corrected chi connectivity index (χ3v) is 3.56. The predicted octanol–water partition coefficient (Wildman–Crippen LogP) is 1.26. The van der Waals surface area contributed by atoms with E-state index in [1.54, 1.807) is 12.3 Å². The quantitative estimate of drug-likeness (QED) is 0.868. The van der Waals surface area contributed by atoms with Gasteiger partial charge in [-0.15, -0.1) is 0 Å². The first kappa shape index (κ1) is 13.1. The van der Waals surface area contributed by atoms with Crippen LogP contribution in [0, 0.1) is 12.9 Å². The number of hydrogen-bond acceptors (Lipinski definition) is 3. The molecule has 3 heterocycles. The average molecular weight is 276 g/mol. The molecule has 20 heavy (non-hydrogen) atoms. The molecule has 106 valence electrons. The van der Waals surface area contributed by atoms with Gasteiger partial charge < -0.3 is 10.6 Å². The Labute approximate surface area is 116 Å². The number of nitrogens with zero attached hydrogens (tertiary/aromatic N) is 2. The highest BCUT2D eigenvalue weighted by molar-refractivity contribution is 5.93. The van der Waals surface area contributed by atoms with E-state index in [0.29, 0.717) is 5.65 Å². The smallest absolute Gasteiger partial charge is 0.274 e. The van der Waals surface area contributed by atoms with E-state index in [2.05, 4.69) is 15.6 Å². The lowest BCUT2D eigenvalue weighted by atomic mass is 10.1. The molecule has 1 fully saturated rings. The summed E-state index contributed by atoms with van der Waals surface area (Å²) < 4.78 is 15.5. The number of fused-ring (bicyclic) bond motifs is 1. The highest BCUT2D eigenvalue weighted by atomic mass is 19.1. The molecule has 1 amide bonds. The van der Waals surface area contributed by atoms with Crippen LogP contribution in [0.4, 0.5) is 4.39 Å². The highest BCUT2D eigenvalue weighted by Crippen LogP contribution is 2.13. The van der Waals surface area contributed by atoms with Gasteiger partial charge in [0, 0.05) is 18.8 Å². The molecule has 1 saturated heterocycles. The number of imidazole rings is 1. The highest BCUT2D eigenvalue weighted by Gasteiger charge is 2.22. The van der Waals surface area contributed by atoms with E-state index >= 15 is 0 Å². The van der Waals surface area contributed by atoms with E-state index in [0.717, 1.165) is 31.5 Å². The van der Waals surface area contributed by atoms with Gasteiger partial charge in [-0.25, -0.2) is 4.98 Å².